The summed E-state index contributed by atoms with van der Waals surface area (Å²) in [6.45, 7) is 0. The zero-order valence-electron chi connectivity index (χ0n) is 10.2. The van der Waals surface area contributed by atoms with E-state index in [1.807, 2.05) is 0 Å². The minimum absolute atomic E-state index is 0.159. The van der Waals surface area contributed by atoms with Gasteiger partial charge in [0, 0.05) is 5.92 Å². The lowest BCUT2D eigenvalue weighted by atomic mass is 9.78. The Hall–Kier alpha value is -0.370. The zero-order chi connectivity index (χ0) is 11.4. The first-order chi connectivity index (χ1) is 7.79. The number of aliphatic hydroxyl groups is 1. The summed E-state index contributed by atoms with van der Waals surface area (Å²) in [5.41, 5.74) is 0. The van der Waals surface area contributed by atoms with E-state index in [9.17, 15) is 9.90 Å². The molecule has 2 rings (SSSR count). The number of aliphatic hydroxyl groups excluding tert-OH is 1. The molecule has 92 valence electrons. The summed E-state index contributed by atoms with van der Waals surface area (Å²) >= 11 is 0. The molecule has 2 nitrogen and oxygen atoms in total. The molecular weight excluding hydrogens is 200 g/mol. The average molecular weight is 224 g/mol. The van der Waals surface area contributed by atoms with Gasteiger partial charge in [-0.2, -0.15) is 0 Å². The molecule has 2 aliphatic rings. The van der Waals surface area contributed by atoms with Crippen LogP contribution in [0.15, 0.2) is 0 Å². The molecule has 2 aliphatic carbocycles. The Morgan fingerprint density at radius 3 is 1.94 bits per heavy atom. The molecule has 0 saturated heterocycles. The predicted molar refractivity (Wildman–Crippen MR) is 64.2 cm³/mol. The van der Waals surface area contributed by atoms with E-state index in [4.69, 9.17) is 0 Å². The van der Waals surface area contributed by atoms with Crippen molar-refractivity contribution in [2.24, 2.45) is 11.8 Å². The van der Waals surface area contributed by atoms with E-state index >= 15 is 0 Å². The van der Waals surface area contributed by atoms with Gasteiger partial charge >= 0.3 is 0 Å². The molecule has 0 aliphatic heterocycles. The van der Waals surface area contributed by atoms with Crippen LogP contribution in [0.4, 0.5) is 0 Å². The first kappa shape index (κ1) is 12.1. The van der Waals surface area contributed by atoms with Crippen molar-refractivity contribution in [3.63, 3.8) is 0 Å². The van der Waals surface area contributed by atoms with Gasteiger partial charge in [0.25, 0.3) is 0 Å². The Labute approximate surface area is 98.4 Å². The van der Waals surface area contributed by atoms with Gasteiger partial charge in [-0.25, -0.2) is 0 Å². The third-order valence-electron chi connectivity index (χ3n) is 4.40. The first-order valence-electron chi connectivity index (χ1n) is 7.01. The van der Waals surface area contributed by atoms with Gasteiger partial charge in [-0.05, 0) is 31.6 Å². The fraction of sp³-hybridized carbons (Fsp3) is 0.929. The number of Topliss-reactive ketones (excluding diaryl/α,β-unsaturated/α-hetero) is 1. The van der Waals surface area contributed by atoms with E-state index in [0.717, 1.165) is 25.7 Å². The highest BCUT2D eigenvalue weighted by Crippen LogP contribution is 2.31. The van der Waals surface area contributed by atoms with Crippen molar-refractivity contribution in [2.75, 3.05) is 0 Å². The molecular formula is C14H24O2. The van der Waals surface area contributed by atoms with Crippen molar-refractivity contribution >= 4 is 5.78 Å². The summed E-state index contributed by atoms with van der Waals surface area (Å²) in [4.78, 5) is 12.1. The van der Waals surface area contributed by atoms with Gasteiger partial charge in [0.2, 0.25) is 0 Å². The minimum atomic E-state index is -0.650. The molecule has 2 saturated carbocycles. The Bertz CT molecular complexity index is 225. The fourth-order valence-electron chi connectivity index (χ4n) is 3.31. The summed E-state index contributed by atoms with van der Waals surface area (Å²) in [5.74, 6) is 0.598. The second-order valence-corrected chi connectivity index (χ2v) is 5.58. The quantitative estimate of drug-likeness (QED) is 0.800. The number of carbonyl (C=O) groups excluding carboxylic acids is 1. The van der Waals surface area contributed by atoms with Crippen molar-refractivity contribution in [3.8, 4) is 0 Å². The van der Waals surface area contributed by atoms with Crippen LogP contribution in [0.1, 0.15) is 64.2 Å². The molecule has 2 heteroatoms. The molecule has 16 heavy (non-hydrogen) atoms. The molecule has 0 aromatic carbocycles. The van der Waals surface area contributed by atoms with E-state index in [2.05, 4.69) is 0 Å². The highest BCUT2D eigenvalue weighted by Gasteiger charge is 2.32. The van der Waals surface area contributed by atoms with E-state index in [-0.39, 0.29) is 17.6 Å². The van der Waals surface area contributed by atoms with Gasteiger partial charge in [-0.3, -0.25) is 4.79 Å². The Morgan fingerprint density at radius 1 is 0.875 bits per heavy atom. The van der Waals surface area contributed by atoms with Crippen molar-refractivity contribution in [1.29, 1.82) is 0 Å². The highest BCUT2D eigenvalue weighted by molar-refractivity contribution is 5.85. The standard InChI is InChI=1S/C14H24O2/c15-13(11-7-3-1-4-8-11)14(16)12-9-5-2-6-10-12/h11-13,15H,1-10H2/t13-/m1/s1. The molecule has 1 atom stereocenters. The number of hydrogen-bond donors (Lipinski definition) is 1. The lowest BCUT2D eigenvalue weighted by Gasteiger charge is -2.29. The van der Waals surface area contributed by atoms with Gasteiger partial charge < -0.3 is 5.11 Å². The molecule has 0 aromatic heterocycles. The van der Waals surface area contributed by atoms with Crippen LogP contribution in [0, 0.1) is 11.8 Å². The predicted octanol–water partition coefficient (Wildman–Crippen LogP) is 3.08. The third-order valence-corrected chi connectivity index (χ3v) is 4.40. The van der Waals surface area contributed by atoms with Crippen LogP contribution in [0.3, 0.4) is 0 Å². The summed E-state index contributed by atoms with van der Waals surface area (Å²) in [6.07, 6.45) is 10.8. The molecule has 0 bridgehead atoms. The average Bonchev–Trinajstić information content (AvgIpc) is 2.39. The fourth-order valence-corrected chi connectivity index (χ4v) is 3.31. The van der Waals surface area contributed by atoms with Gasteiger partial charge in [-0.1, -0.05) is 38.5 Å². The Morgan fingerprint density at radius 2 is 1.38 bits per heavy atom. The van der Waals surface area contributed by atoms with Crippen molar-refractivity contribution in [2.45, 2.75) is 70.3 Å². The monoisotopic (exact) mass is 224 g/mol. The lowest BCUT2D eigenvalue weighted by Crippen LogP contribution is -2.36. The molecule has 1 N–H and O–H groups in total. The smallest absolute Gasteiger partial charge is 0.164 e. The van der Waals surface area contributed by atoms with Crippen LogP contribution in [0.25, 0.3) is 0 Å². The third kappa shape index (κ3) is 2.85. The topological polar surface area (TPSA) is 37.3 Å². The second kappa shape index (κ2) is 5.81. The largest absolute Gasteiger partial charge is 0.385 e. The van der Waals surface area contributed by atoms with E-state index in [1.165, 1.54) is 38.5 Å². The molecule has 0 amide bonds. The first-order valence-corrected chi connectivity index (χ1v) is 7.01. The molecule has 0 heterocycles. The number of ketones is 1. The van der Waals surface area contributed by atoms with Gasteiger partial charge in [0.15, 0.2) is 5.78 Å². The summed E-state index contributed by atoms with van der Waals surface area (Å²) in [7, 11) is 0. The highest BCUT2D eigenvalue weighted by atomic mass is 16.3. The van der Waals surface area contributed by atoms with Gasteiger partial charge in [-0.15, -0.1) is 0 Å². The van der Waals surface area contributed by atoms with Crippen LogP contribution in [-0.4, -0.2) is 17.0 Å². The molecule has 0 unspecified atom stereocenters. The van der Waals surface area contributed by atoms with Crippen molar-refractivity contribution < 1.29 is 9.90 Å². The second-order valence-electron chi connectivity index (χ2n) is 5.58. The maximum atomic E-state index is 12.1. The van der Waals surface area contributed by atoms with E-state index < -0.39 is 6.10 Å². The summed E-state index contributed by atoms with van der Waals surface area (Å²) < 4.78 is 0. The number of rotatable bonds is 3. The summed E-state index contributed by atoms with van der Waals surface area (Å²) in [5, 5.41) is 10.1. The summed E-state index contributed by atoms with van der Waals surface area (Å²) in [6, 6.07) is 0. The van der Waals surface area contributed by atoms with Crippen LogP contribution in [0.5, 0.6) is 0 Å². The van der Waals surface area contributed by atoms with Gasteiger partial charge in [0.05, 0.1) is 0 Å². The number of carbonyl (C=O) groups is 1. The maximum Gasteiger partial charge on any atom is 0.164 e. The maximum absolute atomic E-state index is 12.1. The van der Waals surface area contributed by atoms with E-state index in [1.54, 1.807) is 0 Å². The van der Waals surface area contributed by atoms with Crippen molar-refractivity contribution in [3.05, 3.63) is 0 Å². The van der Waals surface area contributed by atoms with Crippen LogP contribution < -0.4 is 0 Å². The normalized spacial score (nSPS) is 26.6. The van der Waals surface area contributed by atoms with Gasteiger partial charge in [0.1, 0.15) is 6.10 Å². The molecule has 0 radical (unpaired) electrons. The van der Waals surface area contributed by atoms with E-state index in [0.29, 0.717) is 0 Å². The SMILES string of the molecule is O=C(C1CCCCC1)[C@H](O)C1CCCCC1. The van der Waals surface area contributed by atoms with Crippen LogP contribution >= 0.6 is 0 Å². The minimum Gasteiger partial charge on any atom is -0.385 e. The van der Waals surface area contributed by atoms with Crippen molar-refractivity contribution in [1.82, 2.24) is 0 Å². The van der Waals surface area contributed by atoms with Crippen LogP contribution in [-0.2, 0) is 4.79 Å². The zero-order valence-corrected chi connectivity index (χ0v) is 10.2. The van der Waals surface area contributed by atoms with Crippen LogP contribution in [0.2, 0.25) is 0 Å². The number of hydrogen-bond acceptors (Lipinski definition) is 2. The Kier molecular flexibility index (Phi) is 4.39. The molecule has 2 fully saturated rings. The lowest BCUT2D eigenvalue weighted by molar-refractivity contribution is -0.135. The molecule has 0 aromatic rings. The Balaban J connectivity index is 1.86. The molecule has 0 spiro atoms.